The quantitative estimate of drug-likeness (QED) is 0.791. The van der Waals surface area contributed by atoms with E-state index in [9.17, 15) is 9.59 Å². The number of carbonyl (C=O) groups is 1. The normalized spacial score (nSPS) is 15.7. The predicted molar refractivity (Wildman–Crippen MR) is 96.2 cm³/mol. The molecular weight excluding hydrogens is 424 g/mol. The highest BCUT2D eigenvalue weighted by Crippen LogP contribution is 2.41. The van der Waals surface area contributed by atoms with Crippen molar-refractivity contribution in [1.82, 2.24) is 9.88 Å². The largest absolute Gasteiger partial charge is 0.345 e. The van der Waals surface area contributed by atoms with Crippen molar-refractivity contribution < 1.29 is 4.79 Å². The molecule has 4 nitrogen and oxygen atoms in total. The Morgan fingerprint density at radius 2 is 1.74 bits per heavy atom. The standard InChI is InChI=1S/C17H16Br2N2O2/c18-13-4-2-12(3-5-13)17(8-1-9-17)20-15(22)11-21-10-14(19)6-7-16(21)23/h2-7,10H,1,8-9,11H2,(H,20,22). The lowest BCUT2D eigenvalue weighted by molar-refractivity contribution is -0.125. The van der Waals surface area contributed by atoms with E-state index in [0.717, 1.165) is 33.8 Å². The number of hydrogen-bond acceptors (Lipinski definition) is 2. The van der Waals surface area contributed by atoms with Crippen molar-refractivity contribution in [2.24, 2.45) is 0 Å². The maximum absolute atomic E-state index is 12.4. The monoisotopic (exact) mass is 438 g/mol. The molecule has 0 aliphatic heterocycles. The Balaban J connectivity index is 1.76. The fraction of sp³-hybridized carbons (Fsp3) is 0.294. The third-order valence-electron chi connectivity index (χ3n) is 4.24. The average molecular weight is 440 g/mol. The molecule has 1 N–H and O–H groups in total. The summed E-state index contributed by atoms with van der Waals surface area (Å²) in [5, 5.41) is 3.13. The highest BCUT2D eigenvalue weighted by molar-refractivity contribution is 9.10. The van der Waals surface area contributed by atoms with Crippen LogP contribution in [0.3, 0.4) is 0 Å². The molecule has 1 heterocycles. The van der Waals surface area contributed by atoms with E-state index in [1.165, 1.54) is 10.6 Å². The van der Waals surface area contributed by atoms with E-state index in [1.54, 1.807) is 12.3 Å². The van der Waals surface area contributed by atoms with Gasteiger partial charge in [-0.05, 0) is 59.0 Å². The second kappa shape index (κ2) is 6.61. The molecule has 1 aromatic carbocycles. The van der Waals surface area contributed by atoms with E-state index >= 15 is 0 Å². The van der Waals surface area contributed by atoms with Gasteiger partial charge in [0.05, 0.1) is 5.54 Å². The lowest BCUT2D eigenvalue weighted by atomic mass is 9.72. The molecule has 1 aliphatic rings. The van der Waals surface area contributed by atoms with Gasteiger partial charge in [0.1, 0.15) is 6.54 Å². The lowest BCUT2D eigenvalue weighted by Gasteiger charge is -2.43. The number of hydrogen-bond donors (Lipinski definition) is 1. The Labute approximate surface area is 151 Å². The molecule has 1 amide bonds. The number of nitrogens with zero attached hydrogens (tertiary/aromatic N) is 1. The fourth-order valence-corrected chi connectivity index (χ4v) is 3.52. The molecule has 6 heteroatoms. The van der Waals surface area contributed by atoms with E-state index in [1.807, 2.05) is 24.3 Å². The van der Waals surface area contributed by atoms with Crippen LogP contribution in [-0.4, -0.2) is 10.5 Å². The Morgan fingerprint density at radius 3 is 2.35 bits per heavy atom. The van der Waals surface area contributed by atoms with Crippen LogP contribution in [0.4, 0.5) is 0 Å². The van der Waals surface area contributed by atoms with Crippen LogP contribution in [0.15, 0.2) is 56.3 Å². The van der Waals surface area contributed by atoms with Crippen LogP contribution < -0.4 is 10.9 Å². The van der Waals surface area contributed by atoms with Crippen LogP contribution in [0.2, 0.25) is 0 Å². The van der Waals surface area contributed by atoms with E-state index in [4.69, 9.17) is 0 Å². The minimum absolute atomic E-state index is 0.0244. The van der Waals surface area contributed by atoms with Gasteiger partial charge < -0.3 is 9.88 Å². The lowest BCUT2D eigenvalue weighted by Crippen LogP contribution is -2.52. The first-order valence-corrected chi connectivity index (χ1v) is 9.00. The Kier molecular flexibility index (Phi) is 4.73. The van der Waals surface area contributed by atoms with Gasteiger partial charge >= 0.3 is 0 Å². The van der Waals surface area contributed by atoms with Crippen LogP contribution in [0.5, 0.6) is 0 Å². The molecule has 3 rings (SSSR count). The van der Waals surface area contributed by atoms with E-state index in [0.29, 0.717) is 0 Å². The molecule has 0 spiro atoms. The van der Waals surface area contributed by atoms with Crippen molar-refractivity contribution in [2.75, 3.05) is 0 Å². The molecule has 1 saturated carbocycles. The van der Waals surface area contributed by atoms with Gasteiger partial charge in [0.25, 0.3) is 5.56 Å². The smallest absolute Gasteiger partial charge is 0.251 e. The maximum atomic E-state index is 12.4. The molecule has 0 radical (unpaired) electrons. The van der Waals surface area contributed by atoms with Crippen molar-refractivity contribution in [1.29, 1.82) is 0 Å². The first-order chi connectivity index (χ1) is 11.0. The summed E-state index contributed by atoms with van der Waals surface area (Å²) in [5.41, 5.74) is 0.629. The van der Waals surface area contributed by atoms with Crippen molar-refractivity contribution in [2.45, 2.75) is 31.3 Å². The summed E-state index contributed by atoms with van der Waals surface area (Å²) in [5.74, 6) is -0.146. The zero-order valence-corrected chi connectivity index (χ0v) is 15.6. The molecule has 23 heavy (non-hydrogen) atoms. The van der Waals surface area contributed by atoms with Gasteiger partial charge in [0.2, 0.25) is 5.91 Å². The van der Waals surface area contributed by atoms with Gasteiger partial charge in [-0.15, -0.1) is 0 Å². The minimum atomic E-state index is -0.298. The van der Waals surface area contributed by atoms with Crippen molar-refractivity contribution in [3.8, 4) is 0 Å². The zero-order valence-electron chi connectivity index (χ0n) is 12.4. The van der Waals surface area contributed by atoms with Crippen LogP contribution in [-0.2, 0) is 16.9 Å². The summed E-state index contributed by atoms with van der Waals surface area (Å²) < 4.78 is 3.20. The molecule has 120 valence electrons. The summed E-state index contributed by atoms with van der Waals surface area (Å²) >= 11 is 6.75. The number of aromatic nitrogens is 1. The van der Waals surface area contributed by atoms with Gasteiger partial charge in [-0.2, -0.15) is 0 Å². The predicted octanol–water partition coefficient (Wildman–Crippen LogP) is 3.57. The van der Waals surface area contributed by atoms with Crippen LogP contribution >= 0.6 is 31.9 Å². The molecule has 0 atom stereocenters. The van der Waals surface area contributed by atoms with Gasteiger partial charge in [-0.3, -0.25) is 9.59 Å². The average Bonchev–Trinajstić information content (AvgIpc) is 2.48. The topological polar surface area (TPSA) is 51.1 Å². The van der Waals surface area contributed by atoms with Crippen molar-refractivity contribution in [3.63, 3.8) is 0 Å². The number of pyridine rings is 1. The number of benzene rings is 1. The van der Waals surface area contributed by atoms with Crippen molar-refractivity contribution >= 4 is 37.8 Å². The summed E-state index contributed by atoms with van der Waals surface area (Å²) in [4.78, 5) is 24.2. The molecule has 0 bridgehead atoms. The summed E-state index contributed by atoms with van der Waals surface area (Å²) in [6.07, 6.45) is 4.57. The van der Waals surface area contributed by atoms with Crippen LogP contribution in [0.25, 0.3) is 0 Å². The summed E-state index contributed by atoms with van der Waals surface area (Å²) in [6, 6.07) is 11.2. The van der Waals surface area contributed by atoms with Gasteiger partial charge in [0, 0.05) is 21.2 Å². The number of nitrogens with one attached hydrogen (secondary N) is 1. The number of amides is 1. The molecule has 0 saturated heterocycles. The highest BCUT2D eigenvalue weighted by atomic mass is 79.9. The van der Waals surface area contributed by atoms with E-state index in [-0.39, 0.29) is 23.6 Å². The van der Waals surface area contributed by atoms with Gasteiger partial charge in [0.15, 0.2) is 0 Å². The van der Waals surface area contributed by atoms with Gasteiger partial charge in [-0.25, -0.2) is 0 Å². The van der Waals surface area contributed by atoms with E-state index < -0.39 is 0 Å². The van der Waals surface area contributed by atoms with Crippen LogP contribution in [0.1, 0.15) is 24.8 Å². The third kappa shape index (κ3) is 3.58. The number of rotatable bonds is 4. The Bertz CT molecular complexity index is 780. The second-order valence-corrected chi connectivity index (χ2v) is 7.64. The molecule has 1 fully saturated rings. The minimum Gasteiger partial charge on any atom is -0.345 e. The summed E-state index contributed by atoms with van der Waals surface area (Å²) in [6.45, 7) is 0.0244. The first-order valence-electron chi connectivity index (χ1n) is 7.42. The van der Waals surface area contributed by atoms with Crippen LogP contribution in [0, 0.1) is 0 Å². The van der Waals surface area contributed by atoms with E-state index in [2.05, 4.69) is 37.2 Å². The molecule has 2 aromatic rings. The van der Waals surface area contributed by atoms with Crippen molar-refractivity contribution in [3.05, 3.63) is 67.5 Å². The maximum Gasteiger partial charge on any atom is 0.251 e. The highest BCUT2D eigenvalue weighted by Gasteiger charge is 2.39. The fourth-order valence-electron chi connectivity index (χ4n) is 2.87. The summed E-state index contributed by atoms with van der Waals surface area (Å²) in [7, 11) is 0. The molecule has 1 aromatic heterocycles. The Hall–Kier alpha value is -1.40. The SMILES string of the molecule is O=C(Cn1cc(Br)ccc1=O)NC1(c2ccc(Br)cc2)CCC1. The Morgan fingerprint density at radius 1 is 1.09 bits per heavy atom. The zero-order chi connectivity index (χ0) is 16.4. The molecule has 1 aliphatic carbocycles. The second-order valence-electron chi connectivity index (χ2n) is 5.80. The first kappa shape index (κ1) is 16.5. The molecular formula is C17H16Br2N2O2. The molecule has 0 unspecified atom stereocenters. The third-order valence-corrected chi connectivity index (χ3v) is 5.24. The van der Waals surface area contributed by atoms with Gasteiger partial charge in [-0.1, -0.05) is 28.1 Å². The number of carbonyl (C=O) groups excluding carboxylic acids is 1. The number of halogens is 2.